The lowest BCUT2D eigenvalue weighted by molar-refractivity contribution is 0.358. The predicted molar refractivity (Wildman–Crippen MR) is 92.2 cm³/mol. The molecular formula is C19H15N5O. The number of hydrogen-bond acceptors (Lipinski definition) is 5. The Balaban J connectivity index is 2.01. The molecule has 1 atom stereocenters. The van der Waals surface area contributed by atoms with E-state index >= 15 is 0 Å². The zero-order valence-electron chi connectivity index (χ0n) is 13.5. The summed E-state index contributed by atoms with van der Waals surface area (Å²) in [5, 5.41) is 14.3. The van der Waals surface area contributed by atoms with Crippen molar-refractivity contribution in [1.82, 2.24) is 14.8 Å². The van der Waals surface area contributed by atoms with Crippen LogP contribution in [0.15, 0.2) is 66.3 Å². The largest absolute Gasteiger partial charge is 0.422 e. The van der Waals surface area contributed by atoms with E-state index in [4.69, 9.17) is 10.5 Å². The molecule has 0 amide bonds. The van der Waals surface area contributed by atoms with Crippen molar-refractivity contribution >= 4 is 0 Å². The van der Waals surface area contributed by atoms with Crippen molar-refractivity contribution in [3.05, 3.63) is 77.4 Å². The summed E-state index contributed by atoms with van der Waals surface area (Å²) in [6.45, 7) is 0. The molecule has 0 saturated heterocycles. The molecule has 4 rings (SSSR count). The molecule has 1 aromatic carbocycles. The van der Waals surface area contributed by atoms with E-state index in [9.17, 15) is 5.26 Å². The number of aromatic nitrogens is 3. The fourth-order valence-electron chi connectivity index (χ4n) is 3.17. The lowest BCUT2D eigenvalue weighted by atomic mass is 9.83. The highest BCUT2D eigenvalue weighted by Crippen LogP contribution is 2.46. The van der Waals surface area contributed by atoms with Gasteiger partial charge in [-0.05, 0) is 17.7 Å². The van der Waals surface area contributed by atoms with Crippen LogP contribution in [0.25, 0.3) is 11.3 Å². The Hall–Kier alpha value is -3.59. The minimum atomic E-state index is -0.347. The third-order valence-electron chi connectivity index (χ3n) is 4.29. The van der Waals surface area contributed by atoms with E-state index in [0.29, 0.717) is 11.5 Å². The summed E-state index contributed by atoms with van der Waals surface area (Å²) in [6, 6.07) is 15.8. The predicted octanol–water partition coefficient (Wildman–Crippen LogP) is 2.70. The molecule has 2 N–H and O–H groups in total. The third-order valence-corrected chi connectivity index (χ3v) is 4.29. The Labute approximate surface area is 144 Å². The Bertz CT molecular complexity index is 1000. The number of allylic oxidation sites excluding steroid dienone is 1. The zero-order valence-corrected chi connectivity index (χ0v) is 13.5. The van der Waals surface area contributed by atoms with Crippen LogP contribution < -0.4 is 10.5 Å². The second kappa shape index (κ2) is 5.80. The molecule has 122 valence electrons. The topological polar surface area (TPSA) is 89.8 Å². The van der Waals surface area contributed by atoms with Gasteiger partial charge in [-0.3, -0.25) is 4.98 Å². The minimum absolute atomic E-state index is 0.111. The number of nitrogens with zero attached hydrogens (tertiary/aromatic N) is 4. The maximum atomic E-state index is 9.68. The van der Waals surface area contributed by atoms with Gasteiger partial charge in [-0.25, -0.2) is 4.68 Å². The molecule has 25 heavy (non-hydrogen) atoms. The summed E-state index contributed by atoms with van der Waals surface area (Å²) < 4.78 is 7.40. The average molecular weight is 329 g/mol. The number of ether oxygens (including phenoxy) is 1. The average Bonchev–Trinajstić information content (AvgIpc) is 2.98. The lowest BCUT2D eigenvalue weighted by Gasteiger charge is -2.24. The van der Waals surface area contributed by atoms with E-state index in [0.717, 1.165) is 22.4 Å². The maximum absolute atomic E-state index is 9.68. The van der Waals surface area contributed by atoms with Crippen molar-refractivity contribution in [2.75, 3.05) is 0 Å². The number of hydrogen-bond donors (Lipinski definition) is 1. The van der Waals surface area contributed by atoms with Gasteiger partial charge < -0.3 is 10.5 Å². The van der Waals surface area contributed by atoms with Gasteiger partial charge in [0, 0.05) is 25.0 Å². The lowest BCUT2D eigenvalue weighted by Crippen LogP contribution is -2.21. The van der Waals surface area contributed by atoms with E-state index in [2.05, 4.69) is 16.2 Å². The number of nitriles is 1. The SMILES string of the molecule is Cn1nc(-c2ccccc2)c2c1OC(N)=C(C#N)C2c1ccncc1. The fourth-order valence-corrected chi connectivity index (χ4v) is 3.17. The first kappa shape index (κ1) is 15.0. The first-order valence-electron chi connectivity index (χ1n) is 7.80. The van der Waals surface area contributed by atoms with Crippen molar-refractivity contribution in [1.29, 1.82) is 5.26 Å². The van der Waals surface area contributed by atoms with Crippen LogP contribution in [0.3, 0.4) is 0 Å². The number of aryl methyl sites for hydroxylation is 1. The number of pyridine rings is 1. The molecule has 6 heteroatoms. The van der Waals surface area contributed by atoms with Crippen LogP contribution in [0.2, 0.25) is 0 Å². The van der Waals surface area contributed by atoms with E-state index in [1.165, 1.54) is 0 Å². The van der Waals surface area contributed by atoms with Gasteiger partial charge in [-0.15, -0.1) is 0 Å². The molecule has 0 saturated carbocycles. The van der Waals surface area contributed by atoms with Gasteiger partial charge >= 0.3 is 0 Å². The molecule has 0 radical (unpaired) electrons. The number of fused-ring (bicyclic) bond motifs is 1. The number of benzene rings is 1. The quantitative estimate of drug-likeness (QED) is 0.780. The molecule has 1 aliphatic heterocycles. The Morgan fingerprint density at radius 2 is 1.88 bits per heavy atom. The monoisotopic (exact) mass is 329 g/mol. The molecule has 6 nitrogen and oxygen atoms in total. The van der Waals surface area contributed by atoms with E-state index in [1.54, 1.807) is 24.1 Å². The van der Waals surface area contributed by atoms with E-state index in [1.807, 2.05) is 42.5 Å². The highest BCUT2D eigenvalue weighted by molar-refractivity contribution is 5.71. The van der Waals surface area contributed by atoms with Crippen LogP contribution in [-0.2, 0) is 7.05 Å². The van der Waals surface area contributed by atoms with Crippen LogP contribution in [0.4, 0.5) is 0 Å². The van der Waals surface area contributed by atoms with Gasteiger partial charge in [0.25, 0.3) is 0 Å². The molecular weight excluding hydrogens is 314 g/mol. The molecule has 0 aliphatic carbocycles. The molecule has 1 aliphatic rings. The normalized spacial score (nSPS) is 16.1. The summed E-state index contributed by atoms with van der Waals surface area (Å²) in [4.78, 5) is 4.07. The highest BCUT2D eigenvalue weighted by Gasteiger charge is 2.36. The number of nitrogens with two attached hydrogens (primary N) is 1. The molecule has 0 bridgehead atoms. The van der Waals surface area contributed by atoms with Gasteiger partial charge in [0.15, 0.2) is 0 Å². The fraction of sp³-hybridized carbons (Fsp3) is 0.105. The van der Waals surface area contributed by atoms with Gasteiger partial charge in [0.05, 0.1) is 11.5 Å². The molecule has 0 spiro atoms. The maximum Gasteiger partial charge on any atom is 0.224 e. The van der Waals surface area contributed by atoms with Crippen LogP contribution in [0.5, 0.6) is 5.88 Å². The third kappa shape index (κ3) is 2.34. The molecule has 3 aromatic rings. The van der Waals surface area contributed by atoms with Gasteiger partial charge in [-0.2, -0.15) is 10.4 Å². The summed E-state index contributed by atoms with van der Waals surface area (Å²) >= 11 is 0. The van der Waals surface area contributed by atoms with Gasteiger partial charge in [0.1, 0.15) is 17.3 Å². The summed E-state index contributed by atoms with van der Waals surface area (Å²) in [5.74, 6) is 0.317. The summed E-state index contributed by atoms with van der Waals surface area (Å²) in [5.41, 5.74) is 9.90. The van der Waals surface area contributed by atoms with Crippen molar-refractivity contribution in [2.45, 2.75) is 5.92 Å². The molecule has 1 unspecified atom stereocenters. The smallest absolute Gasteiger partial charge is 0.224 e. The summed E-state index contributed by atoms with van der Waals surface area (Å²) in [6.07, 6.45) is 3.41. The van der Waals surface area contributed by atoms with Crippen LogP contribution in [0, 0.1) is 11.3 Å². The Kier molecular flexibility index (Phi) is 3.47. The van der Waals surface area contributed by atoms with Crippen molar-refractivity contribution in [3.8, 4) is 23.2 Å². The van der Waals surface area contributed by atoms with Crippen LogP contribution in [0.1, 0.15) is 17.0 Å². The molecule has 0 fully saturated rings. The van der Waals surface area contributed by atoms with Gasteiger partial charge in [-0.1, -0.05) is 30.3 Å². The standard InChI is InChI=1S/C19H15N5O/c1-24-19-16(17(23-24)13-5-3-2-4-6-13)15(12-7-9-22-10-8-12)14(11-20)18(21)25-19/h2-10,15H,21H2,1H3. The van der Waals surface area contributed by atoms with Crippen LogP contribution >= 0.6 is 0 Å². The van der Waals surface area contributed by atoms with E-state index in [-0.39, 0.29) is 11.8 Å². The minimum Gasteiger partial charge on any atom is -0.422 e. The van der Waals surface area contributed by atoms with E-state index < -0.39 is 0 Å². The number of rotatable bonds is 2. The highest BCUT2D eigenvalue weighted by atomic mass is 16.5. The van der Waals surface area contributed by atoms with Crippen molar-refractivity contribution < 1.29 is 4.74 Å². The van der Waals surface area contributed by atoms with Gasteiger partial charge in [0.2, 0.25) is 11.8 Å². The Morgan fingerprint density at radius 3 is 2.56 bits per heavy atom. The van der Waals surface area contributed by atoms with Crippen molar-refractivity contribution in [3.63, 3.8) is 0 Å². The Morgan fingerprint density at radius 1 is 1.16 bits per heavy atom. The summed E-state index contributed by atoms with van der Waals surface area (Å²) in [7, 11) is 1.81. The first-order valence-corrected chi connectivity index (χ1v) is 7.80. The molecule has 2 aromatic heterocycles. The zero-order chi connectivity index (χ0) is 17.4. The van der Waals surface area contributed by atoms with Crippen LogP contribution in [-0.4, -0.2) is 14.8 Å². The first-order chi connectivity index (χ1) is 12.2. The second-order valence-electron chi connectivity index (χ2n) is 5.76. The second-order valence-corrected chi connectivity index (χ2v) is 5.76. The molecule has 3 heterocycles. The van der Waals surface area contributed by atoms with Crippen molar-refractivity contribution in [2.24, 2.45) is 12.8 Å².